The number of benzene rings is 2. The van der Waals surface area contributed by atoms with Crippen molar-refractivity contribution in [2.24, 2.45) is 0 Å². The van der Waals surface area contributed by atoms with Crippen molar-refractivity contribution in [2.75, 3.05) is 5.73 Å². The van der Waals surface area contributed by atoms with Crippen molar-refractivity contribution in [2.45, 2.75) is 6.18 Å². The number of aliphatic carboxylic acids is 1. The molecule has 124 valence electrons. The fraction of sp³-hybridized carbons (Fsp3) is 0.0556. The van der Waals surface area contributed by atoms with Crippen LogP contribution in [0.1, 0.15) is 16.7 Å². The van der Waals surface area contributed by atoms with Crippen molar-refractivity contribution in [3.63, 3.8) is 0 Å². The van der Waals surface area contributed by atoms with Gasteiger partial charge in [0.1, 0.15) is 0 Å². The summed E-state index contributed by atoms with van der Waals surface area (Å²) in [7, 11) is 0. The number of nitrogens with two attached hydrogens (primary N) is 1. The topological polar surface area (TPSA) is 63.3 Å². The number of carbonyl (C=O) groups is 1. The average molecular weight is 333 g/mol. The molecule has 0 bridgehead atoms. The van der Waals surface area contributed by atoms with Crippen LogP contribution in [0, 0.1) is 0 Å². The van der Waals surface area contributed by atoms with E-state index in [-0.39, 0.29) is 0 Å². The molecule has 0 fully saturated rings. The predicted molar refractivity (Wildman–Crippen MR) is 86.2 cm³/mol. The molecule has 24 heavy (non-hydrogen) atoms. The van der Waals surface area contributed by atoms with Crippen molar-refractivity contribution in [3.8, 4) is 0 Å². The number of allylic oxidation sites excluding steroid dienone is 2. The Kier molecular flexibility index (Phi) is 5.08. The number of halogens is 3. The summed E-state index contributed by atoms with van der Waals surface area (Å²) < 4.78 is 38.0. The van der Waals surface area contributed by atoms with E-state index < -0.39 is 17.7 Å². The molecule has 0 aliphatic heterocycles. The number of carboxylic acids is 1. The first kappa shape index (κ1) is 17.3. The molecule has 0 aliphatic rings. The van der Waals surface area contributed by atoms with E-state index in [9.17, 15) is 18.0 Å². The fourth-order valence-corrected chi connectivity index (χ4v) is 2.09. The van der Waals surface area contributed by atoms with Crippen LogP contribution in [0.2, 0.25) is 0 Å². The number of nitrogen functional groups attached to an aromatic ring is 1. The van der Waals surface area contributed by atoms with Crippen LogP contribution in [0.15, 0.2) is 66.8 Å². The quantitative estimate of drug-likeness (QED) is 0.496. The summed E-state index contributed by atoms with van der Waals surface area (Å²) in [6.45, 7) is 0. The summed E-state index contributed by atoms with van der Waals surface area (Å²) in [5.41, 5.74) is 7.26. The summed E-state index contributed by atoms with van der Waals surface area (Å²) in [6.07, 6.45) is -0.609. The predicted octanol–water partition coefficient (Wildman–Crippen LogP) is 4.36. The third kappa shape index (κ3) is 4.49. The largest absolute Gasteiger partial charge is 0.478 e. The summed E-state index contributed by atoms with van der Waals surface area (Å²) in [6, 6.07) is 11.4. The second-order valence-electron chi connectivity index (χ2n) is 4.97. The molecule has 0 aliphatic carbocycles. The van der Waals surface area contributed by atoms with E-state index in [0.29, 0.717) is 22.4 Å². The third-order valence-corrected chi connectivity index (χ3v) is 3.25. The lowest BCUT2D eigenvalue weighted by atomic mass is 9.96. The van der Waals surface area contributed by atoms with Crippen molar-refractivity contribution < 1.29 is 23.1 Å². The number of carboxylic acid groups (broad SMARTS) is 1. The van der Waals surface area contributed by atoms with Crippen LogP contribution in [0.3, 0.4) is 0 Å². The normalized spacial score (nSPS) is 12.5. The van der Waals surface area contributed by atoms with Crippen molar-refractivity contribution >= 4 is 17.2 Å². The Morgan fingerprint density at radius 2 is 1.46 bits per heavy atom. The van der Waals surface area contributed by atoms with Gasteiger partial charge < -0.3 is 10.8 Å². The summed E-state index contributed by atoms with van der Waals surface area (Å²) in [4.78, 5) is 10.6. The zero-order valence-corrected chi connectivity index (χ0v) is 12.4. The lowest BCUT2D eigenvalue weighted by molar-refractivity contribution is -0.137. The summed E-state index contributed by atoms with van der Waals surface area (Å²) >= 11 is 0. The van der Waals surface area contributed by atoms with Crippen molar-refractivity contribution in [3.05, 3.63) is 83.4 Å². The van der Waals surface area contributed by atoms with Crippen LogP contribution in [-0.4, -0.2) is 11.1 Å². The zero-order valence-electron chi connectivity index (χ0n) is 12.4. The van der Waals surface area contributed by atoms with Gasteiger partial charge in [0.15, 0.2) is 0 Å². The van der Waals surface area contributed by atoms with Crippen LogP contribution in [0.25, 0.3) is 5.57 Å². The lowest BCUT2D eigenvalue weighted by Gasteiger charge is -2.11. The Balaban J connectivity index is 2.46. The SMILES string of the molecule is Nc1ccc(/C(=C\C=C\C(=O)O)c2ccc(C(F)(F)F)cc2)cc1. The van der Waals surface area contributed by atoms with E-state index in [2.05, 4.69) is 0 Å². The zero-order chi connectivity index (χ0) is 17.7. The number of hydrogen-bond acceptors (Lipinski definition) is 2. The third-order valence-electron chi connectivity index (χ3n) is 3.25. The number of anilines is 1. The second kappa shape index (κ2) is 7.04. The van der Waals surface area contributed by atoms with Crippen molar-refractivity contribution in [1.29, 1.82) is 0 Å². The number of rotatable bonds is 4. The van der Waals surface area contributed by atoms with E-state index in [4.69, 9.17) is 10.8 Å². The molecule has 0 radical (unpaired) electrons. The molecule has 2 aromatic carbocycles. The molecule has 2 rings (SSSR count). The molecular weight excluding hydrogens is 319 g/mol. The average Bonchev–Trinajstić information content (AvgIpc) is 2.52. The molecule has 0 spiro atoms. The molecular formula is C18H14F3NO2. The smallest absolute Gasteiger partial charge is 0.416 e. The second-order valence-corrected chi connectivity index (χ2v) is 4.97. The van der Waals surface area contributed by atoms with Crippen LogP contribution in [0.4, 0.5) is 18.9 Å². The van der Waals surface area contributed by atoms with Gasteiger partial charge in [-0.1, -0.05) is 36.4 Å². The Bertz CT molecular complexity index is 773. The molecule has 6 heteroatoms. The van der Waals surface area contributed by atoms with Crippen LogP contribution in [0.5, 0.6) is 0 Å². The first-order valence-corrected chi connectivity index (χ1v) is 6.92. The molecule has 0 atom stereocenters. The van der Waals surface area contributed by atoms with Crippen LogP contribution < -0.4 is 5.73 Å². The van der Waals surface area contributed by atoms with Gasteiger partial charge in [-0.2, -0.15) is 13.2 Å². The molecule has 0 heterocycles. The number of alkyl halides is 3. The van der Waals surface area contributed by atoms with E-state index in [1.54, 1.807) is 24.3 Å². The fourth-order valence-electron chi connectivity index (χ4n) is 2.09. The minimum atomic E-state index is -4.41. The van der Waals surface area contributed by atoms with Crippen LogP contribution >= 0.6 is 0 Å². The molecule has 0 saturated carbocycles. The van der Waals surface area contributed by atoms with E-state index in [1.807, 2.05) is 0 Å². The van der Waals surface area contributed by atoms with Crippen LogP contribution in [-0.2, 0) is 11.0 Å². The minimum absolute atomic E-state index is 0.530. The van der Waals surface area contributed by atoms with Gasteiger partial charge in [0, 0.05) is 11.8 Å². The number of hydrogen-bond donors (Lipinski definition) is 2. The highest BCUT2D eigenvalue weighted by Crippen LogP contribution is 2.31. The van der Waals surface area contributed by atoms with Gasteiger partial charge in [-0.15, -0.1) is 0 Å². The molecule has 0 amide bonds. The summed E-state index contributed by atoms with van der Waals surface area (Å²) in [5, 5.41) is 8.67. The van der Waals surface area contributed by atoms with Gasteiger partial charge >= 0.3 is 12.1 Å². The van der Waals surface area contributed by atoms with Gasteiger partial charge in [0.2, 0.25) is 0 Å². The maximum atomic E-state index is 12.7. The molecule has 3 N–H and O–H groups in total. The highest BCUT2D eigenvalue weighted by atomic mass is 19.4. The van der Waals surface area contributed by atoms with Crippen molar-refractivity contribution in [1.82, 2.24) is 0 Å². The Morgan fingerprint density at radius 3 is 1.92 bits per heavy atom. The highest BCUT2D eigenvalue weighted by Gasteiger charge is 2.30. The molecule has 0 unspecified atom stereocenters. The summed E-state index contributed by atoms with van der Waals surface area (Å²) in [5.74, 6) is -1.12. The standard InChI is InChI=1S/C18H14F3NO2/c19-18(20,21)14-8-4-12(5-9-14)16(2-1-3-17(23)24)13-6-10-15(22)11-7-13/h1-11H,22H2,(H,23,24)/b3-1+,16-2-. The van der Waals surface area contributed by atoms with E-state index >= 15 is 0 Å². The van der Waals surface area contributed by atoms with Gasteiger partial charge in [0.05, 0.1) is 5.56 Å². The maximum Gasteiger partial charge on any atom is 0.416 e. The Hall–Kier alpha value is -3.02. The first-order chi connectivity index (χ1) is 11.3. The van der Waals surface area contributed by atoms with Gasteiger partial charge in [0.25, 0.3) is 0 Å². The Labute approximate surface area is 136 Å². The Morgan fingerprint density at radius 1 is 0.958 bits per heavy atom. The molecule has 2 aromatic rings. The lowest BCUT2D eigenvalue weighted by Crippen LogP contribution is -2.04. The van der Waals surface area contributed by atoms with Gasteiger partial charge in [-0.25, -0.2) is 4.79 Å². The molecule has 0 saturated heterocycles. The molecule has 0 aromatic heterocycles. The van der Waals surface area contributed by atoms with Gasteiger partial charge in [-0.3, -0.25) is 0 Å². The van der Waals surface area contributed by atoms with Gasteiger partial charge in [-0.05, 0) is 41.0 Å². The minimum Gasteiger partial charge on any atom is -0.478 e. The first-order valence-electron chi connectivity index (χ1n) is 6.92. The highest BCUT2D eigenvalue weighted by molar-refractivity contribution is 5.84. The monoisotopic (exact) mass is 333 g/mol. The van der Waals surface area contributed by atoms with E-state index in [1.165, 1.54) is 24.3 Å². The molecule has 3 nitrogen and oxygen atoms in total. The maximum absolute atomic E-state index is 12.7. The van der Waals surface area contributed by atoms with E-state index in [0.717, 1.165) is 18.2 Å².